The molecule has 0 aliphatic carbocycles. The molecular weight excluding hydrogens is 184 g/mol. The third kappa shape index (κ3) is 2.08. The first-order chi connectivity index (χ1) is 6.65. The maximum Gasteiger partial charge on any atom is 0.114 e. The van der Waals surface area contributed by atoms with Crippen LogP contribution in [0.25, 0.3) is 0 Å². The van der Waals surface area contributed by atoms with E-state index in [1.165, 1.54) is 0 Å². The molecule has 0 spiro atoms. The lowest BCUT2D eigenvalue weighted by atomic mass is 9.96. The summed E-state index contributed by atoms with van der Waals surface area (Å²) in [5.74, 6) is 0. The van der Waals surface area contributed by atoms with Gasteiger partial charge in [-0.15, -0.1) is 0 Å². The Labute approximate surface area is 85.5 Å². The van der Waals surface area contributed by atoms with Crippen molar-refractivity contribution in [1.82, 2.24) is 0 Å². The summed E-state index contributed by atoms with van der Waals surface area (Å²) in [6.07, 6.45) is -0.135. The number of methoxy groups -OCH3 is 3. The average molecular weight is 204 g/mol. The van der Waals surface area contributed by atoms with Crippen molar-refractivity contribution in [3.05, 3.63) is 0 Å². The van der Waals surface area contributed by atoms with E-state index in [1.54, 1.807) is 21.3 Å². The molecule has 14 heavy (non-hydrogen) atoms. The second kappa shape index (κ2) is 5.07. The van der Waals surface area contributed by atoms with E-state index in [0.29, 0.717) is 0 Å². The Morgan fingerprint density at radius 2 is 1.07 bits per heavy atom. The molecule has 0 saturated carbocycles. The third-order valence-electron chi connectivity index (χ3n) is 2.82. The quantitative estimate of drug-likeness (QED) is 0.682. The Hall–Kier alpha value is -0.160. The normalized spacial score (nSPS) is 43.9. The maximum absolute atomic E-state index is 5.70. The minimum absolute atomic E-state index is 0.0337. The molecule has 1 rings (SSSR count). The molecule has 1 fully saturated rings. The number of hydrogen-bond acceptors (Lipinski definition) is 4. The van der Waals surface area contributed by atoms with Crippen LogP contribution in [0.15, 0.2) is 0 Å². The topological polar surface area (TPSA) is 36.9 Å². The summed E-state index contributed by atoms with van der Waals surface area (Å²) in [7, 11) is 5.01. The highest BCUT2D eigenvalue weighted by molar-refractivity contribution is 4.91. The Balaban J connectivity index is 2.76. The molecule has 1 saturated heterocycles. The van der Waals surface area contributed by atoms with Gasteiger partial charge in [0.05, 0.1) is 12.2 Å². The van der Waals surface area contributed by atoms with Gasteiger partial charge in [0, 0.05) is 21.3 Å². The van der Waals surface area contributed by atoms with Crippen LogP contribution in [0, 0.1) is 0 Å². The molecule has 0 aromatic heterocycles. The molecule has 1 aliphatic heterocycles. The molecule has 1 unspecified atom stereocenters. The SMILES string of the molecule is COC1[C@@H](OC)[C@H](C)O[C@@H](C)[C@H]1OC. The van der Waals surface area contributed by atoms with E-state index in [0.717, 1.165) is 0 Å². The summed E-state index contributed by atoms with van der Waals surface area (Å²) in [4.78, 5) is 0. The van der Waals surface area contributed by atoms with Gasteiger partial charge in [-0.3, -0.25) is 0 Å². The van der Waals surface area contributed by atoms with Crippen LogP contribution in [0.5, 0.6) is 0 Å². The summed E-state index contributed by atoms with van der Waals surface area (Å²) in [6.45, 7) is 3.98. The second-order valence-electron chi connectivity index (χ2n) is 3.65. The fraction of sp³-hybridized carbons (Fsp3) is 1.00. The van der Waals surface area contributed by atoms with Crippen LogP contribution >= 0.6 is 0 Å². The van der Waals surface area contributed by atoms with Crippen LogP contribution in [-0.4, -0.2) is 51.8 Å². The van der Waals surface area contributed by atoms with Crippen LogP contribution in [0.1, 0.15) is 13.8 Å². The minimum Gasteiger partial charge on any atom is -0.376 e. The highest BCUT2D eigenvalue weighted by atomic mass is 16.6. The van der Waals surface area contributed by atoms with E-state index in [-0.39, 0.29) is 30.5 Å². The van der Waals surface area contributed by atoms with Gasteiger partial charge in [0.25, 0.3) is 0 Å². The first-order valence-corrected chi connectivity index (χ1v) is 4.89. The molecule has 0 aromatic carbocycles. The molecule has 4 nitrogen and oxygen atoms in total. The van der Waals surface area contributed by atoms with E-state index in [9.17, 15) is 0 Å². The molecule has 0 N–H and O–H groups in total. The van der Waals surface area contributed by atoms with E-state index >= 15 is 0 Å². The van der Waals surface area contributed by atoms with Crippen molar-refractivity contribution in [3.8, 4) is 0 Å². The van der Waals surface area contributed by atoms with Gasteiger partial charge in [0.2, 0.25) is 0 Å². The summed E-state index contributed by atoms with van der Waals surface area (Å²) >= 11 is 0. The molecule has 0 bridgehead atoms. The third-order valence-corrected chi connectivity index (χ3v) is 2.82. The molecular formula is C10H20O4. The van der Waals surface area contributed by atoms with E-state index < -0.39 is 0 Å². The molecule has 5 atom stereocenters. The molecule has 0 amide bonds. The summed E-state index contributed by atoms with van der Waals surface area (Å²) in [6, 6.07) is 0. The van der Waals surface area contributed by atoms with Crippen molar-refractivity contribution in [2.45, 2.75) is 44.4 Å². The highest BCUT2D eigenvalue weighted by Gasteiger charge is 2.43. The van der Waals surface area contributed by atoms with Gasteiger partial charge in [-0.2, -0.15) is 0 Å². The largest absolute Gasteiger partial charge is 0.376 e. The van der Waals surface area contributed by atoms with Gasteiger partial charge < -0.3 is 18.9 Å². The number of rotatable bonds is 3. The van der Waals surface area contributed by atoms with Crippen LogP contribution < -0.4 is 0 Å². The second-order valence-corrected chi connectivity index (χ2v) is 3.65. The summed E-state index contributed by atoms with van der Waals surface area (Å²) in [5.41, 5.74) is 0. The Kier molecular flexibility index (Phi) is 4.31. The van der Waals surface area contributed by atoms with Crippen LogP contribution in [0.4, 0.5) is 0 Å². The minimum atomic E-state index is -0.0684. The number of hydrogen-bond donors (Lipinski definition) is 0. The first-order valence-electron chi connectivity index (χ1n) is 4.89. The smallest absolute Gasteiger partial charge is 0.114 e. The Morgan fingerprint density at radius 1 is 0.714 bits per heavy atom. The Morgan fingerprint density at radius 3 is 1.36 bits per heavy atom. The van der Waals surface area contributed by atoms with Gasteiger partial charge >= 0.3 is 0 Å². The zero-order valence-corrected chi connectivity index (χ0v) is 9.52. The zero-order valence-electron chi connectivity index (χ0n) is 9.52. The summed E-state index contributed by atoms with van der Waals surface area (Å²) < 4.78 is 21.8. The predicted octanol–water partition coefficient (Wildman–Crippen LogP) is 0.839. The first kappa shape index (κ1) is 11.9. The van der Waals surface area contributed by atoms with E-state index in [2.05, 4.69) is 0 Å². The lowest BCUT2D eigenvalue weighted by molar-refractivity contribution is -0.233. The molecule has 84 valence electrons. The fourth-order valence-corrected chi connectivity index (χ4v) is 2.13. The average Bonchev–Trinajstić information content (AvgIpc) is 2.16. The van der Waals surface area contributed by atoms with E-state index in [4.69, 9.17) is 18.9 Å². The van der Waals surface area contributed by atoms with Crippen molar-refractivity contribution in [3.63, 3.8) is 0 Å². The van der Waals surface area contributed by atoms with Gasteiger partial charge in [0.1, 0.15) is 18.3 Å². The number of ether oxygens (including phenoxy) is 4. The highest BCUT2D eigenvalue weighted by Crippen LogP contribution is 2.26. The fourth-order valence-electron chi connectivity index (χ4n) is 2.13. The maximum atomic E-state index is 5.70. The monoisotopic (exact) mass is 204 g/mol. The standard InChI is InChI=1S/C10H20O4/c1-6-8(11-3)10(13-5)9(12-4)7(2)14-6/h6-10H,1-5H3/t6-,7-,8-,9+,10?/m0/s1. The zero-order chi connectivity index (χ0) is 10.7. The van der Waals surface area contributed by atoms with Gasteiger partial charge in [-0.1, -0.05) is 0 Å². The van der Waals surface area contributed by atoms with Crippen molar-refractivity contribution < 1.29 is 18.9 Å². The lowest BCUT2D eigenvalue weighted by Gasteiger charge is -2.42. The van der Waals surface area contributed by atoms with Crippen molar-refractivity contribution >= 4 is 0 Å². The molecule has 1 aliphatic rings. The lowest BCUT2D eigenvalue weighted by Crippen LogP contribution is -2.57. The van der Waals surface area contributed by atoms with Crippen molar-refractivity contribution in [2.24, 2.45) is 0 Å². The van der Waals surface area contributed by atoms with Gasteiger partial charge in [0.15, 0.2) is 0 Å². The Bertz CT molecular complexity index is 158. The molecule has 0 radical (unpaired) electrons. The van der Waals surface area contributed by atoms with Crippen molar-refractivity contribution in [2.75, 3.05) is 21.3 Å². The predicted molar refractivity (Wildman–Crippen MR) is 52.4 cm³/mol. The molecule has 1 heterocycles. The van der Waals surface area contributed by atoms with Crippen LogP contribution in [0.3, 0.4) is 0 Å². The van der Waals surface area contributed by atoms with Crippen molar-refractivity contribution in [1.29, 1.82) is 0 Å². The molecule has 0 aromatic rings. The van der Waals surface area contributed by atoms with Crippen LogP contribution in [0.2, 0.25) is 0 Å². The van der Waals surface area contributed by atoms with Gasteiger partial charge in [-0.05, 0) is 13.8 Å². The summed E-state index contributed by atoms with van der Waals surface area (Å²) in [5, 5.41) is 0. The van der Waals surface area contributed by atoms with Gasteiger partial charge in [-0.25, -0.2) is 0 Å². The molecule has 4 heteroatoms. The van der Waals surface area contributed by atoms with Crippen LogP contribution in [-0.2, 0) is 18.9 Å². The van der Waals surface area contributed by atoms with E-state index in [1.807, 2.05) is 13.8 Å².